The Morgan fingerprint density at radius 3 is 2.75 bits per heavy atom. The van der Waals surface area contributed by atoms with Crippen LogP contribution in [0, 0.1) is 5.41 Å². The summed E-state index contributed by atoms with van der Waals surface area (Å²) in [5.74, 6) is 0.904. The fourth-order valence-electron chi connectivity index (χ4n) is 2.48. The summed E-state index contributed by atoms with van der Waals surface area (Å²) in [6, 6.07) is 1.97. The highest BCUT2D eigenvalue weighted by Crippen LogP contribution is 2.35. The van der Waals surface area contributed by atoms with E-state index in [1.165, 1.54) is 19.3 Å². The van der Waals surface area contributed by atoms with Crippen molar-refractivity contribution < 1.29 is 5.11 Å². The Hall–Kier alpha value is -1.03. The summed E-state index contributed by atoms with van der Waals surface area (Å²) in [5, 5.41) is 17.2. The van der Waals surface area contributed by atoms with Gasteiger partial charge in [0.05, 0.1) is 6.61 Å². The van der Waals surface area contributed by atoms with Gasteiger partial charge in [-0.25, -0.2) is 0 Å². The number of nitrogens with one attached hydrogen (secondary N) is 1. The Morgan fingerprint density at radius 1 is 1.44 bits per heavy atom. The molecule has 0 bridgehead atoms. The van der Waals surface area contributed by atoms with Crippen LogP contribution in [0.5, 0.6) is 0 Å². The van der Waals surface area contributed by atoms with Crippen LogP contribution in [0.15, 0.2) is 12.3 Å². The molecular formula is C12H21N3O. The van der Waals surface area contributed by atoms with Gasteiger partial charge in [0.25, 0.3) is 0 Å². The Morgan fingerprint density at radius 2 is 2.19 bits per heavy atom. The zero-order valence-electron chi connectivity index (χ0n) is 9.95. The molecule has 1 heterocycles. The second kappa shape index (κ2) is 4.87. The van der Waals surface area contributed by atoms with Gasteiger partial charge in [0, 0.05) is 31.3 Å². The van der Waals surface area contributed by atoms with E-state index in [0.717, 1.165) is 25.2 Å². The molecule has 4 nitrogen and oxygen atoms in total. The molecule has 0 unspecified atom stereocenters. The largest absolute Gasteiger partial charge is 0.396 e. The predicted octanol–water partition coefficient (Wildman–Crippen LogP) is 1.77. The van der Waals surface area contributed by atoms with Crippen LogP contribution in [0.4, 0.5) is 5.82 Å². The zero-order chi connectivity index (χ0) is 11.4. The number of hydrogen-bond donors (Lipinski definition) is 2. The van der Waals surface area contributed by atoms with Crippen molar-refractivity contribution in [3.8, 4) is 0 Å². The number of rotatable bonds is 4. The third-order valence-electron chi connectivity index (χ3n) is 3.61. The number of aryl methyl sites for hydroxylation is 1. The molecule has 0 aliphatic heterocycles. The summed E-state index contributed by atoms with van der Waals surface area (Å²) in [6.07, 6.45) is 7.97. The molecule has 2 N–H and O–H groups in total. The van der Waals surface area contributed by atoms with Gasteiger partial charge in [-0.1, -0.05) is 19.3 Å². The monoisotopic (exact) mass is 223 g/mol. The van der Waals surface area contributed by atoms with Crippen molar-refractivity contribution in [3.63, 3.8) is 0 Å². The lowest BCUT2D eigenvalue weighted by Gasteiger charge is -2.35. The van der Waals surface area contributed by atoms with Crippen molar-refractivity contribution in [3.05, 3.63) is 12.3 Å². The van der Waals surface area contributed by atoms with E-state index in [0.29, 0.717) is 0 Å². The summed E-state index contributed by atoms with van der Waals surface area (Å²) >= 11 is 0. The van der Waals surface area contributed by atoms with Gasteiger partial charge in [-0.15, -0.1) is 0 Å². The first-order valence-corrected chi connectivity index (χ1v) is 6.09. The van der Waals surface area contributed by atoms with Crippen LogP contribution < -0.4 is 5.32 Å². The minimum absolute atomic E-state index is 0.0791. The third-order valence-corrected chi connectivity index (χ3v) is 3.61. The van der Waals surface area contributed by atoms with Crippen LogP contribution in [-0.2, 0) is 7.05 Å². The van der Waals surface area contributed by atoms with E-state index in [1.807, 2.05) is 19.3 Å². The predicted molar refractivity (Wildman–Crippen MR) is 64.3 cm³/mol. The van der Waals surface area contributed by atoms with Gasteiger partial charge in [0.15, 0.2) is 0 Å². The molecule has 1 aliphatic carbocycles. The highest BCUT2D eigenvalue weighted by molar-refractivity contribution is 5.32. The summed E-state index contributed by atoms with van der Waals surface area (Å²) in [7, 11) is 1.91. The average Bonchev–Trinajstić information content (AvgIpc) is 2.74. The molecule has 1 aliphatic rings. The second-order valence-electron chi connectivity index (χ2n) is 4.95. The quantitative estimate of drug-likeness (QED) is 0.818. The topological polar surface area (TPSA) is 50.1 Å². The smallest absolute Gasteiger partial charge is 0.147 e. The first-order chi connectivity index (χ1) is 7.74. The molecule has 2 rings (SSSR count). The van der Waals surface area contributed by atoms with Crippen molar-refractivity contribution in [2.45, 2.75) is 32.1 Å². The summed E-state index contributed by atoms with van der Waals surface area (Å²) in [4.78, 5) is 0. The second-order valence-corrected chi connectivity index (χ2v) is 4.95. The van der Waals surface area contributed by atoms with Crippen LogP contribution >= 0.6 is 0 Å². The first kappa shape index (κ1) is 11.5. The van der Waals surface area contributed by atoms with Gasteiger partial charge in [-0.05, 0) is 12.8 Å². The maximum Gasteiger partial charge on any atom is 0.147 e. The average molecular weight is 223 g/mol. The molecule has 0 amide bonds. The minimum atomic E-state index is 0.0791. The van der Waals surface area contributed by atoms with E-state index in [-0.39, 0.29) is 12.0 Å². The van der Waals surface area contributed by atoms with E-state index in [9.17, 15) is 5.11 Å². The number of anilines is 1. The van der Waals surface area contributed by atoms with Gasteiger partial charge in [0.2, 0.25) is 0 Å². The normalized spacial score (nSPS) is 19.6. The molecule has 16 heavy (non-hydrogen) atoms. The molecule has 4 heteroatoms. The molecular weight excluding hydrogens is 202 g/mol. The molecule has 0 aromatic carbocycles. The SMILES string of the molecule is Cn1ccc(NCC2(CO)CCCCC2)n1. The first-order valence-electron chi connectivity index (χ1n) is 6.09. The summed E-state index contributed by atoms with van der Waals surface area (Å²) in [5.41, 5.74) is 0.0791. The van der Waals surface area contributed by atoms with Gasteiger partial charge >= 0.3 is 0 Å². The number of aliphatic hydroxyl groups is 1. The fourth-order valence-corrected chi connectivity index (χ4v) is 2.48. The van der Waals surface area contributed by atoms with Gasteiger partial charge in [-0.3, -0.25) is 4.68 Å². The number of hydrogen-bond acceptors (Lipinski definition) is 3. The van der Waals surface area contributed by atoms with Crippen LogP contribution in [0.1, 0.15) is 32.1 Å². The molecule has 90 valence electrons. The molecule has 0 spiro atoms. The van der Waals surface area contributed by atoms with Crippen LogP contribution in [0.25, 0.3) is 0 Å². The van der Waals surface area contributed by atoms with Crippen molar-refractivity contribution in [1.29, 1.82) is 0 Å². The Labute approximate surface area is 96.7 Å². The molecule has 1 aromatic heterocycles. The molecule has 0 radical (unpaired) electrons. The van der Waals surface area contributed by atoms with Crippen molar-refractivity contribution in [1.82, 2.24) is 9.78 Å². The zero-order valence-corrected chi connectivity index (χ0v) is 9.95. The van der Waals surface area contributed by atoms with Gasteiger partial charge < -0.3 is 10.4 Å². The lowest BCUT2D eigenvalue weighted by molar-refractivity contribution is 0.0943. The standard InChI is InChI=1S/C12H21N3O/c1-15-8-5-11(14-15)13-9-12(10-16)6-3-2-4-7-12/h5,8,16H,2-4,6-7,9-10H2,1H3,(H,13,14). The lowest BCUT2D eigenvalue weighted by atomic mass is 9.74. The molecule has 0 saturated heterocycles. The molecule has 1 saturated carbocycles. The van der Waals surface area contributed by atoms with Gasteiger partial charge in [0.1, 0.15) is 5.82 Å². The minimum Gasteiger partial charge on any atom is -0.396 e. The maximum atomic E-state index is 9.56. The molecule has 1 aromatic rings. The number of aromatic nitrogens is 2. The van der Waals surface area contributed by atoms with Gasteiger partial charge in [-0.2, -0.15) is 5.10 Å². The van der Waals surface area contributed by atoms with Crippen LogP contribution in [-0.4, -0.2) is 28.0 Å². The molecule has 0 atom stereocenters. The van der Waals surface area contributed by atoms with Crippen LogP contribution in [0.2, 0.25) is 0 Å². The number of nitrogens with zero attached hydrogens (tertiary/aromatic N) is 2. The van der Waals surface area contributed by atoms with Crippen molar-refractivity contribution in [2.24, 2.45) is 12.5 Å². The van der Waals surface area contributed by atoms with E-state index < -0.39 is 0 Å². The van der Waals surface area contributed by atoms with E-state index >= 15 is 0 Å². The maximum absolute atomic E-state index is 9.56. The van der Waals surface area contributed by atoms with E-state index in [4.69, 9.17) is 0 Å². The third kappa shape index (κ3) is 2.55. The molecule has 1 fully saturated rings. The Balaban J connectivity index is 1.91. The summed E-state index contributed by atoms with van der Waals surface area (Å²) < 4.78 is 1.79. The fraction of sp³-hybridized carbons (Fsp3) is 0.750. The Kier molecular flexibility index (Phi) is 3.49. The highest BCUT2D eigenvalue weighted by atomic mass is 16.3. The number of aliphatic hydroxyl groups excluding tert-OH is 1. The van der Waals surface area contributed by atoms with Crippen molar-refractivity contribution in [2.75, 3.05) is 18.5 Å². The van der Waals surface area contributed by atoms with E-state index in [2.05, 4.69) is 10.4 Å². The summed E-state index contributed by atoms with van der Waals surface area (Å²) in [6.45, 7) is 1.12. The highest BCUT2D eigenvalue weighted by Gasteiger charge is 2.31. The Bertz CT molecular complexity index is 329. The van der Waals surface area contributed by atoms with E-state index in [1.54, 1.807) is 4.68 Å². The lowest BCUT2D eigenvalue weighted by Crippen LogP contribution is -2.35. The van der Waals surface area contributed by atoms with Crippen LogP contribution in [0.3, 0.4) is 0 Å². The van der Waals surface area contributed by atoms with Crippen molar-refractivity contribution >= 4 is 5.82 Å².